The minimum absolute atomic E-state index is 0. The van der Waals surface area contributed by atoms with Crippen molar-refractivity contribution in [2.75, 3.05) is 0 Å². The van der Waals surface area contributed by atoms with Gasteiger partial charge in [-0.05, 0) is 24.3 Å². The molecule has 0 atom stereocenters. The molecule has 0 amide bonds. The standard InChI is InChI=1S/2C11H9N.Ir/c2*1-2-6-10(7-3-1)11-8-4-5-9-12-11;/h2*1-9H;/q;;+2. The van der Waals surface area contributed by atoms with Gasteiger partial charge in [-0.25, -0.2) is 0 Å². The summed E-state index contributed by atoms with van der Waals surface area (Å²) in [6.45, 7) is 0. The van der Waals surface area contributed by atoms with Crippen LogP contribution in [-0.4, -0.2) is 9.97 Å². The molecule has 4 aromatic rings. The zero-order valence-corrected chi connectivity index (χ0v) is 16.0. The zero-order valence-electron chi connectivity index (χ0n) is 13.6. The molecule has 0 bridgehead atoms. The second kappa shape index (κ2) is 10.3. The monoisotopic (exact) mass is 503 g/mol. The first-order chi connectivity index (χ1) is 11.9. The van der Waals surface area contributed by atoms with Gasteiger partial charge in [0.25, 0.3) is 0 Å². The van der Waals surface area contributed by atoms with Gasteiger partial charge in [0.15, 0.2) is 0 Å². The van der Waals surface area contributed by atoms with E-state index in [0.29, 0.717) is 0 Å². The molecule has 0 unspecified atom stereocenters. The molecular weight excluding hydrogens is 484 g/mol. The van der Waals surface area contributed by atoms with E-state index >= 15 is 0 Å². The second-order valence-corrected chi connectivity index (χ2v) is 5.16. The number of hydrogen-bond donors (Lipinski definition) is 0. The van der Waals surface area contributed by atoms with Crippen LogP contribution in [0.3, 0.4) is 0 Å². The molecule has 25 heavy (non-hydrogen) atoms. The SMILES string of the molecule is [Ir+2].c1ccc(-c2ccccn2)cc1.c1ccc(-c2ccccn2)cc1. The van der Waals surface area contributed by atoms with Gasteiger partial charge in [-0.2, -0.15) is 0 Å². The van der Waals surface area contributed by atoms with Crippen molar-refractivity contribution in [2.45, 2.75) is 0 Å². The Balaban J connectivity index is 0.000000173. The molecule has 123 valence electrons. The van der Waals surface area contributed by atoms with Gasteiger partial charge >= 0.3 is 20.1 Å². The molecule has 2 heterocycles. The average Bonchev–Trinajstić information content (AvgIpc) is 2.71. The van der Waals surface area contributed by atoms with E-state index in [-0.39, 0.29) is 20.1 Å². The van der Waals surface area contributed by atoms with E-state index in [1.54, 1.807) is 0 Å². The summed E-state index contributed by atoms with van der Waals surface area (Å²) >= 11 is 0. The van der Waals surface area contributed by atoms with Gasteiger partial charge in [-0.3, -0.25) is 9.97 Å². The van der Waals surface area contributed by atoms with Crippen LogP contribution < -0.4 is 0 Å². The minimum Gasteiger partial charge on any atom is -0.256 e. The van der Waals surface area contributed by atoms with Crippen molar-refractivity contribution in [1.82, 2.24) is 9.97 Å². The molecule has 0 saturated heterocycles. The third kappa shape index (κ3) is 5.75. The van der Waals surface area contributed by atoms with Gasteiger partial charge < -0.3 is 0 Å². The quantitative estimate of drug-likeness (QED) is 0.362. The average molecular weight is 503 g/mol. The van der Waals surface area contributed by atoms with Crippen LogP contribution in [0, 0.1) is 0 Å². The number of pyridine rings is 2. The van der Waals surface area contributed by atoms with E-state index in [2.05, 4.69) is 34.2 Å². The topological polar surface area (TPSA) is 25.8 Å². The van der Waals surface area contributed by atoms with Gasteiger partial charge in [-0.1, -0.05) is 72.8 Å². The fourth-order valence-electron chi connectivity index (χ4n) is 2.28. The number of aromatic nitrogens is 2. The summed E-state index contributed by atoms with van der Waals surface area (Å²) in [5.41, 5.74) is 4.38. The first-order valence-electron chi connectivity index (χ1n) is 7.86. The molecular formula is C22H18IrN2+2. The summed E-state index contributed by atoms with van der Waals surface area (Å²) in [6, 6.07) is 32.2. The number of nitrogens with zero attached hydrogens (tertiary/aromatic N) is 2. The van der Waals surface area contributed by atoms with Gasteiger partial charge in [0, 0.05) is 23.5 Å². The summed E-state index contributed by atoms with van der Waals surface area (Å²) < 4.78 is 0. The Morgan fingerprint density at radius 2 is 0.760 bits per heavy atom. The van der Waals surface area contributed by atoms with Gasteiger partial charge in [0.2, 0.25) is 0 Å². The second-order valence-electron chi connectivity index (χ2n) is 5.16. The van der Waals surface area contributed by atoms with Crippen LogP contribution in [0.1, 0.15) is 0 Å². The first-order valence-corrected chi connectivity index (χ1v) is 7.86. The Bertz CT molecular complexity index is 686. The van der Waals surface area contributed by atoms with Crippen molar-refractivity contribution < 1.29 is 20.1 Å². The molecule has 0 aliphatic carbocycles. The third-order valence-electron chi connectivity index (χ3n) is 3.47. The van der Waals surface area contributed by atoms with Crippen molar-refractivity contribution in [3.8, 4) is 22.5 Å². The van der Waals surface area contributed by atoms with Crippen LogP contribution in [0.2, 0.25) is 0 Å². The molecule has 0 aliphatic rings. The van der Waals surface area contributed by atoms with Gasteiger partial charge in [0.1, 0.15) is 0 Å². The van der Waals surface area contributed by atoms with Gasteiger partial charge in [-0.15, -0.1) is 0 Å². The smallest absolute Gasteiger partial charge is 0.256 e. The summed E-state index contributed by atoms with van der Waals surface area (Å²) in [4.78, 5) is 8.50. The Labute approximate surface area is 162 Å². The Morgan fingerprint density at radius 3 is 1.08 bits per heavy atom. The van der Waals surface area contributed by atoms with E-state index < -0.39 is 0 Å². The van der Waals surface area contributed by atoms with Crippen LogP contribution in [0.25, 0.3) is 22.5 Å². The molecule has 2 aromatic heterocycles. The van der Waals surface area contributed by atoms with E-state index in [1.165, 1.54) is 0 Å². The van der Waals surface area contributed by atoms with Gasteiger partial charge in [0.05, 0.1) is 11.4 Å². The van der Waals surface area contributed by atoms with Crippen LogP contribution in [0.15, 0.2) is 109 Å². The fourth-order valence-corrected chi connectivity index (χ4v) is 2.28. The Kier molecular flexibility index (Phi) is 7.71. The normalized spacial score (nSPS) is 9.28. The first kappa shape index (κ1) is 18.7. The molecule has 0 spiro atoms. The van der Waals surface area contributed by atoms with E-state index in [9.17, 15) is 0 Å². The van der Waals surface area contributed by atoms with Crippen molar-refractivity contribution in [1.29, 1.82) is 0 Å². The van der Waals surface area contributed by atoms with Crippen LogP contribution in [0.5, 0.6) is 0 Å². The third-order valence-corrected chi connectivity index (χ3v) is 3.47. The van der Waals surface area contributed by atoms with E-state index in [0.717, 1.165) is 22.5 Å². The van der Waals surface area contributed by atoms with Crippen LogP contribution >= 0.6 is 0 Å². The minimum atomic E-state index is 0. The van der Waals surface area contributed by atoms with Crippen molar-refractivity contribution in [3.63, 3.8) is 0 Å². The van der Waals surface area contributed by atoms with Crippen LogP contribution in [-0.2, 0) is 20.1 Å². The summed E-state index contributed by atoms with van der Waals surface area (Å²) in [5, 5.41) is 0. The van der Waals surface area contributed by atoms with Crippen molar-refractivity contribution in [2.24, 2.45) is 0 Å². The maximum Gasteiger partial charge on any atom is 2.00 e. The van der Waals surface area contributed by atoms with E-state index in [4.69, 9.17) is 0 Å². The molecule has 0 saturated carbocycles. The molecule has 4 rings (SSSR count). The number of rotatable bonds is 2. The number of hydrogen-bond acceptors (Lipinski definition) is 2. The molecule has 0 fully saturated rings. The summed E-state index contributed by atoms with van der Waals surface area (Å²) in [6.07, 6.45) is 3.62. The summed E-state index contributed by atoms with van der Waals surface area (Å²) in [5.74, 6) is 0. The fraction of sp³-hybridized carbons (Fsp3) is 0. The van der Waals surface area contributed by atoms with Crippen LogP contribution in [0.4, 0.5) is 0 Å². The predicted octanol–water partition coefficient (Wildman–Crippen LogP) is 5.49. The largest absolute Gasteiger partial charge is 2.00 e. The summed E-state index contributed by atoms with van der Waals surface area (Å²) in [7, 11) is 0. The Hall–Kier alpha value is -2.61. The molecule has 3 heteroatoms. The van der Waals surface area contributed by atoms with E-state index in [1.807, 2.05) is 85.2 Å². The zero-order chi connectivity index (χ0) is 16.5. The Morgan fingerprint density at radius 1 is 0.400 bits per heavy atom. The maximum absolute atomic E-state index is 4.25. The molecule has 2 nitrogen and oxygen atoms in total. The predicted molar refractivity (Wildman–Crippen MR) is 99.3 cm³/mol. The molecule has 0 aliphatic heterocycles. The molecule has 0 N–H and O–H groups in total. The van der Waals surface area contributed by atoms with Crippen molar-refractivity contribution in [3.05, 3.63) is 109 Å². The van der Waals surface area contributed by atoms with Crippen molar-refractivity contribution >= 4 is 0 Å². The maximum atomic E-state index is 4.25. The number of benzene rings is 2. The molecule has 1 radical (unpaired) electrons. The molecule has 2 aromatic carbocycles.